The minimum absolute atomic E-state index is 0.0123. The lowest BCUT2D eigenvalue weighted by Gasteiger charge is -2.11. The molecule has 1 aromatic carbocycles. The van der Waals surface area contributed by atoms with Crippen molar-refractivity contribution >= 4 is 23.7 Å². The molecule has 8 heteroatoms. The lowest BCUT2D eigenvalue weighted by Crippen LogP contribution is -2.43. The number of thioether (sulfide) groups is 1. The van der Waals surface area contributed by atoms with Crippen LogP contribution in [0.3, 0.4) is 0 Å². The van der Waals surface area contributed by atoms with Crippen LogP contribution in [0.5, 0.6) is 0 Å². The largest absolute Gasteiger partial charge is 0.411 e. The Morgan fingerprint density at radius 3 is 2.83 bits per heavy atom. The number of hydrogen-bond donors (Lipinski definition) is 2. The molecule has 0 aliphatic carbocycles. The van der Waals surface area contributed by atoms with Gasteiger partial charge < -0.3 is 9.73 Å². The topological polar surface area (TPSA) is 97.1 Å². The van der Waals surface area contributed by atoms with E-state index in [0.29, 0.717) is 5.89 Å². The summed E-state index contributed by atoms with van der Waals surface area (Å²) >= 11 is 1.08. The molecule has 1 heterocycles. The van der Waals surface area contributed by atoms with Gasteiger partial charge in [0, 0.05) is 11.6 Å². The average Bonchev–Trinajstić information content (AvgIpc) is 3.01. The normalized spacial score (nSPS) is 11.8. The average molecular weight is 348 g/mol. The minimum atomic E-state index is -0.499. The summed E-state index contributed by atoms with van der Waals surface area (Å²) in [6.07, 6.45) is 0.792. The number of rotatable bonds is 6. The van der Waals surface area contributed by atoms with Gasteiger partial charge in [0.2, 0.25) is 11.8 Å². The predicted octanol–water partition coefficient (Wildman–Crippen LogP) is 2.76. The molecule has 128 valence electrons. The Morgan fingerprint density at radius 1 is 1.33 bits per heavy atom. The van der Waals surface area contributed by atoms with E-state index in [2.05, 4.69) is 20.8 Å². The Balaban J connectivity index is 1.85. The highest BCUT2D eigenvalue weighted by Crippen LogP contribution is 2.23. The Kier molecular flexibility index (Phi) is 6.36. The predicted molar refractivity (Wildman–Crippen MR) is 91.6 cm³/mol. The molecule has 1 aromatic heterocycles. The van der Waals surface area contributed by atoms with Crippen LogP contribution in [0.15, 0.2) is 33.9 Å². The molecule has 2 aromatic rings. The van der Waals surface area contributed by atoms with E-state index in [1.165, 1.54) is 0 Å². The molecule has 2 rings (SSSR count). The van der Waals surface area contributed by atoms with Crippen molar-refractivity contribution in [2.75, 3.05) is 5.75 Å². The zero-order valence-electron chi connectivity index (χ0n) is 13.8. The third-order valence-corrected chi connectivity index (χ3v) is 4.06. The van der Waals surface area contributed by atoms with Crippen LogP contribution in [0.4, 0.5) is 4.79 Å². The maximum atomic E-state index is 11.7. The third kappa shape index (κ3) is 5.38. The minimum Gasteiger partial charge on any atom is -0.411 e. The van der Waals surface area contributed by atoms with Crippen molar-refractivity contribution in [1.29, 1.82) is 0 Å². The Labute approximate surface area is 144 Å². The first-order chi connectivity index (χ1) is 11.5. The number of aromatic nitrogens is 2. The second kappa shape index (κ2) is 8.49. The molecule has 0 saturated carbocycles. The number of hydrogen-bond acceptors (Lipinski definition) is 6. The Morgan fingerprint density at radius 2 is 2.12 bits per heavy atom. The molecule has 3 amide bonds. The zero-order chi connectivity index (χ0) is 17.5. The lowest BCUT2D eigenvalue weighted by molar-refractivity contribution is -0.117. The van der Waals surface area contributed by atoms with Gasteiger partial charge in [0.05, 0.1) is 5.75 Å². The monoisotopic (exact) mass is 348 g/mol. The molecular weight excluding hydrogens is 328 g/mol. The molecule has 0 saturated heterocycles. The van der Waals surface area contributed by atoms with Crippen LogP contribution in [-0.2, 0) is 4.79 Å². The van der Waals surface area contributed by atoms with Crippen LogP contribution in [0.1, 0.15) is 25.8 Å². The molecule has 7 nitrogen and oxygen atoms in total. The zero-order valence-corrected chi connectivity index (χ0v) is 14.6. The van der Waals surface area contributed by atoms with Crippen LogP contribution < -0.4 is 10.6 Å². The van der Waals surface area contributed by atoms with Crippen molar-refractivity contribution in [1.82, 2.24) is 20.8 Å². The fourth-order valence-electron chi connectivity index (χ4n) is 1.81. The molecule has 0 aliphatic heterocycles. The molecular formula is C16H20N4O3S. The summed E-state index contributed by atoms with van der Waals surface area (Å²) in [7, 11) is 0. The molecule has 1 atom stereocenters. The molecule has 0 radical (unpaired) electrons. The molecule has 0 fully saturated rings. The van der Waals surface area contributed by atoms with Crippen molar-refractivity contribution < 1.29 is 14.0 Å². The summed E-state index contributed by atoms with van der Waals surface area (Å²) in [5.41, 5.74) is 1.92. The molecule has 24 heavy (non-hydrogen) atoms. The fraction of sp³-hybridized carbons (Fsp3) is 0.375. The first-order valence-corrected chi connectivity index (χ1v) is 8.60. The number of aryl methyl sites for hydroxylation is 1. The van der Waals surface area contributed by atoms with Gasteiger partial charge in [-0.05, 0) is 32.4 Å². The molecule has 0 unspecified atom stereocenters. The van der Waals surface area contributed by atoms with Crippen molar-refractivity contribution in [2.45, 2.75) is 38.5 Å². The number of urea groups is 1. The van der Waals surface area contributed by atoms with E-state index >= 15 is 0 Å². The SMILES string of the molecule is CC[C@@H](C)NC(=O)NC(=O)CSc1nnc(-c2cccc(C)c2)o1. The van der Waals surface area contributed by atoms with Gasteiger partial charge in [-0.3, -0.25) is 10.1 Å². The van der Waals surface area contributed by atoms with Crippen LogP contribution in [0.2, 0.25) is 0 Å². The van der Waals surface area contributed by atoms with Gasteiger partial charge in [0.1, 0.15) is 0 Å². The van der Waals surface area contributed by atoms with E-state index in [1.54, 1.807) is 0 Å². The number of benzene rings is 1. The quantitative estimate of drug-likeness (QED) is 0.779. The molecule has 0 spiro atoms. The summed E-state index contributed by atoms with van der Waals surface area (Å²) in [5, 5.41) is 13.1. The van der Waals surface area contributed by atoms with E-state index in [-0.39, 0.29) is 17.0 Å². The fourth-order valence-corrected chi connectivity index (χ4v) is 2.38. The van der Waals surface area contributed by atoms with Crippen LogP contribution >= 0.6 is 11.8 Å². The first-order valence-electron chi connectivity index (χ1n) is 7.61. The van der Waals surface area contributed by atoms with Gasteiger partial charge >= 0.3 is 6.03 Å². The summed E-state index contributed by atoms with van der Waals surface area (Å²) in [4.78, 5) is 23.3. The highest BCUT2D eigenvalue weighted by Gasteiger charge is 2.13. The summed E-state index contributed by atoms with van der Waals surface area (Å²) in [6.45, 7) is 5.79. The second-order valence-electron chi connectivity index (χ2n) is 5.36. The van der Waals surface area contributed by atoms with Gasteiger partial charge in [-0.25, -0.2) is 4.79 Å². The van der Waals surface area contributed by atoms with E-state index < -0.39 is 11.9 Å². The standard InChI is InChI=1S/C16H20N4O3S/c1-4-11(3)17-15(22)18-13(21)9-24-16-20-19-14(23-16)12-7-5-6-10(2)8-12/h5-8,11H,4,9H2,1-3H3,(H2,17,18,21,22)/t11-/m1/s1. The van der Waals surface area contributed by atoms with Crippen LogP contribution in [0.25, 0.3) is 11.5 Å². The highest BCUT2D eigenvalue weighted by molar-refractivity contribution is 7.99. The maximum Gasteiger partial charge on any atom is 0.321 e. The van der Waals surface area contributed by atoms with Crippen molar-refractivity contribution in [3.05, 3.63) is 29.8 Å². The van der Waals surface area contributed by atoms with Gasteiger partial charge in [-0.2, -0.15) is 0 Å². The summed E-state index contributed by atoms with van der Waals surface area (Å²) in [5.74, 6) is -0.00384. The first kappa shape index (κ1) is 18.0. The van der Waals surface area contributed by atoms with Gasteiger partial charge in [-0.15, -0.1) is 10.2 Å². The number of carbonyl (C=O) groups is 2. The van der Waals surface area contributed by atoms with Gasteiger partial charge in [0.15, 0.2) is 0 Å². The van der Waals surface area contributed by atoms with E-state index in [1.807, 2.05) is 45.0 Å². The van der Waals surface area contributed by atoms with Gasteiger partial charge in [-0.1, -0.05) is 36.4 Å². The summed E-state index contributed by atoms with van der Waals surface area (Å²) < 4.78 is 5.52. The van der Waals surface area contributed by atoms with E-state index in [4.69, 9.17) is 4.42 Å². The van der Waals surface area contributed by atoms with E-state index in [9.17, 15) is 9.59 Å². The van der Waals surface area contributed by atoms with Crippen molar-refractivity contribution in [2.24, 2.45) is 0 Å². The number of amides is 3. The number of imide groups is 1. The number of carbonyl (C=O) groups excluding carboxylic acids is 2. The van der Waals surface area contributed by atoms with Crippen molar-refractivity contribution in [3.8, 4) is 11.5 Å². The van der Waals surface area contributed by atoms with E-state index in [0.717, 1.165) is 29.3 Å². The summed E-state index contributed by atoms with van der Waals surface area (Å²) in [6, 6.07) is 7.21. The molecule has 2 N–H and O–H groups in total. The second-order valence-corrected chi connectivity index (χ2v) is 6.29. The molecule has 0 bridgehead atoms. The Bertz CT molecular complexity index is 717. The van der Waals surface area contributed by atoms with Crippen molar-refractivity contribution in [3.63, 3.8) is 0 Å². The van der Waals surface area contributed by atoms with Gasteiger partial charge in [0.25, 0.3) is 5.22 Å². The smallest absolute Gasteiger partial charge is 0.321 e. The van der Waals surface area contributed by atoms with Crippen LogP contribution in [-0.4, -0.2) is 33.9 Å². The Hall–Kier alpha value is -2.35. The lowest BCUT2D eigenvalue weighted by atomic mass is 10.1. The maximum absolute atomic E-state index is 11.7. The highest BCUT2D eigenvalue weighted by atomic mass is 32.2. The third-order valence-electron chi connectivity index (χ3n) is 3.24. The van der Waals surface area contributed by atoms with Crippen LogP contribution in [0, 0.1) is 6.92 Å². The molecule has 0 aliphatic rings. The number of nitrogens with zero attached hydrogens (tertiary/aromatic N) is 2. The number of nitrogens with one attached hydrogen (secondary N) is 2.